The molecule has 2 aromatic heterocycles. The van der Waals surface area contributed by atoms with Crippen LogP contribution in [0.1, 0.15) is 12.7 Å². The van der Waals surface area contributed by atoms with Crippen molar-refractivity contribution in [2.24, 2.45) is 0 Å². The molecule has 0 fully saturated rings. The second-order valence-corrected chi connectivity index (χ2v) is 7.68. The van der Waals surface area contributed by atoms with Gasteiger partial charge in [0, 0.05) is 12.5 Å². The lowest BCUT2D eigenvalue weighted by molar-refractivity contribution is -0.674. The van der Waals surface area contributed by atoms with Crippen LogP contribution in [-0.4, -0.2) is 9.55 Å². The van der Waals surface area contributed by atoms with E-state index in [0.29, 0.717) is 0 Å². The summed E-state index contributed by atoms with van der Waals surface area (Å²) in [5.74, 6) is 1.24. The molecule has 0 saturated carbocycles. The van der Waals surface area contributed by atoms with Crippen molar-refractivity contribution in [3.63, 3.8) is 0 Å². The Kier molecular flexibility index (Phi) is 5.21. The molecule has 2 heterocycles. The summed E-state index contributed by atoms with van der Waals surface area (Å²) in [6.07, 6.45) is 0. The molecule has 140 valence electrons. The number of hydrogen-bond acceptors (Lipinski definition) is 2. The van der Waals surface area contributed by atoms with Crippen LogP contribution in [0.25, 0.3) is 37.5 Å². The molecular formula is C23H20IN3S. The highest BCUT2D eigenvalue weighted by molar-refractivity contribution is 7.21. The first-order valence-corrected chi connectivity index (χ1v) is 10.0. The van der Waals surface area contributed by atoms with Crippen molar-refractivity contribution in [3.05, 3.63) is 78.6 Å². The highest BCUT2D eigenvalue weighted by Crippen LogP contribution is 2.32. The van der Waals surface area contributed by atoms with Crippen molar-refractivity contribution in [1.82, 2.24) is 9.55 Å². The highest BCUT2D eigenvalue weighted by atomic mass is 127. The third kappa shape index (κ3) is 3.02. The van der Waals surface area contributed by atoms with E-state index in [0.717, 1.165) is 17.1 Å². The lowest BCUT2D eigenvalue weighted by atomic mass is 10.2. The Morgan fingerprint density at radius 1 is 0.964 bits per heavy atom. The number of halogens is 1. The maximum absolute atomic E-state index is 4.84. The van der Waals surface area contributed by atoms with Crippen molar-refractivity contribution in [2.75, 3.05) is 0 Å². The van der Waals surface area contributed by atoms with Gasteiger partial charge in [-0.3, -0.25) is 0 Å². The van der Waals surface area contributed by atoms with E-state index in [-0.39, 0.29) is 24.0 Å². The first-order valence-electron chi connectivity index (χ1n) is 9.22. The number of nitrogens with zero attached hydrogens (tertiary/aromatic N) is 3. The summed E-state index contributed by atoms with van der Waals surface area (Å²) in [5.41, 5.74) is 5.91. The minimum absolute atomic E-state index is 0. The molecule has 0 saturated heterocycles. The van der Waals surface area contributed by atoms with Crippen LogP contribution in [0.2, 0.25) is 0 Å². The quantitative estimate of drug-likeness (QED) is 0.278. The predicted molar refractivity (Wildman–Crippen MR) is 112 cm³/mol. The van der Waals surface area contributed by atoms with Crippen LogP contribution < -0.4 is 28.5 Å². The molecule has 5 aromatic rings. The summed E-state index contributed by atoms with van der Waals surface area (Å²) in [7, 11) is 0. The van der Waals surface area contributed by atoms with E-state index in [1.54, 1.807) is 11.3 Å². The zero-order valence-corrected chi connectivity index (χ0v) is 18.7. The topological polar surface area (TPSA) is 21.7 Å². The molecule has 0 aliphatic heterocycles. The number of fused-ring (bicyclic) bond motifs is 2. The van der Waals surface area contributed by atoms with Crippen molar-refractivity contribution < 1.29 is 28.5 Å². The number of rotatable bonds is 3. The van der Waals surface area contributed by atoms with Crippen molar-refractivity contribution >= 4 is 32.6 Å². The number of benzene rings is 3. The van der Waals surface area contributed by atoms with Gasteiger partial charge in [0.2, 0.25) is 0 Å². The van der Waals surface area contributed by atoms with Gasteiger partial charge in [0.25, 0.3) is 5.82 Å². The predicted octanol–water partition coefficient (Wildman–Crippen LogP) is 2.53. The summed E-state index contributed by atoms with van der Waals surface area (Å²) in [6, 6.07) is 25.6. The minimum Gasteiger partial charge on any atom is -1.00 e. The summed E-state index contributed by atoms with van der Waals surface area (Å²) in [6.45, 7) is 5.32. The number of imidazole rings is 1. The first-order chi connectivity index (χ1) is 13.3. The van der Waals surface area contributed by atoms with Crippen LogP contribution in [0.4, 0.5) is 0 Å². The van der Waals surface area contributed by atoms with Gasteiger partial charge in [-0.2, -0.15) is 4.57 Å². The van der Waals surface area contributed by atoms with Gasteiger partial charge < -0.3 is 24.0 Å². The van der Waals surface area contributed by atoms with E-state index in [1.165, 1.54) is 32.8 Å². The summed E-state index contributed by atoms with van der Waals surface area (Å²) < 4.78 is 5.94. The number of thiazole rings is 1. The number of aryl methyl sites for hydroxylation is 1. The molecule has 0 N–H and O–H groups in total. The Morgan fingerprint density at radius 2 is 1.71 bits per heavy atom. The fraction of sp³-hybridized carbons (Fsp3) is 0.130. The highest BCUT2D eigenvalue weighted by Gasteiger charge is 2.23. The molecule has 0 radical (unpaired) electrons. The fourth-order valence-corrected chi connectivity index (χ4v) is 4.79. The second kappa shape index (κ2) is 7.64. The number of hydrogen-bond donors (Lipinski definition) is 0. The standard InChI is InChI=1S/C23H20N3S.HI/c1-3-25-16(2)26(18-9-5-4-6-10-18)20-14-13-17(15-21(20)25)23-24-19-11-7-8-12-22(19)27-23;/h4-15H,3H2,1-2H3;1H/q+1;/p-1. The number of aromatic nitrogens is 3. The lowest BCUT2D eigenvalue weighted by Crippen LogP contribution is -3.00. The van der Waals surface area contributed by atoms with E-state index < -0.39 is 0 Å². The van der Waals surface area contributed by atoms with Crippen LogP contribution in [-0.2, 0) is 6.54 Å². The average Bonchev–Trinajstić information content (AvgIpc) is 3.26. The molecule has 5 heteroatoms. The van der Waals surface area contributed by atoms with E-state index in [9.17, 15) is 0 Å². The van der Waals surface area contributed by atoms with Crippen LogP contribution >= 0.6 is 11.3 Å². The Labute approximate surface area is 185 Å². The molecule has 0 aliphatic rings. The van der Waals surface area contributed by atoms with Gasteiger partial charge in [-0.15, -0.1) is 11.3 Å². The fourth-order valence-electron chi connectivity index (χ4n) is 3.83. The van der Waals surface area contributed by atoms with E-state index in [4.69, 9.17) is 4.98 Å². The van der Waals surface area contributed by atoms with Gasteiger partial charge in [0.05, 0.1) is 16.8 Å². The largest absolute Gasteiger partial charge is 1.00 e. The summed E-state index contributed by atoms with van der Waals surface area (Å²) >= 11 is 1.75. The molecule has 0 spiro atoms. The zero-order valence-electron chi connectivity index (χ0n) is 15.8. The van der Waals surface area contributed by atoms with Gasteiger partial charge in [0.15, 0.2) is 11.0 Å². The SMILES string of the molecule is CC[n+]1c(C)n(-c2ccccc2)c2ccc(-c3nc4ccccc4s3)cc21.[I-]. The summed E-state index contributed by atoms with van der Waals surface area (Å²) in [4.78, 5) is 4.84. The van der Waals surface area contributed by atoms with Gasteiger partial charge in [-0.05, 0) is 49.4 Å². The zero-order chi connectivity index (χ0) is 18.4. The van der Waals surface area contributed by atoms with E-state index in [2.05, 4.69) is 89.7 Å². The molecule has 3 aromatic carbocycles. The third-order valence-electron chi connectivity index (χ3n) is 5.09. The van der Waals surface area contributed by atoms with Gasteiger partial charge in [-0.25, -0.2) is 9.55 Å². The molecule has 0 unspecified atom stereocenters. The molecule has 0 atom stereocenters. The van der Waals surface area contributed by atoms with E-state index >= 15 is 0 Å². The Balaban J connectivity index is 0.00000192. The monoisotopic (exact) mass is 497 g/mol. The van der Waals surface area contributed by atoms with Gasteiger partial charge in [-0.1, -0.05) is 30.3 Å². The summed E-state index contributed by atoms with van der Waals surface area (Å²) in [5, 5.41) is 1.07. The number of para-hydroxylation sites is 2. The molecule has 3 nitrogen and oxygen atoms in total. The molecule has 5 rings (SSSR count). The van der Waals surface area contributed by atoms with Crippen molar-refractivity contribution in [2.45, 2.75) is 20.4 Å². The van der Waals surface area contributed by atoms with Gasteiger partial charge in [0.1, 0.15) is 10.7 Å². The normalized spacial score (nSPS) is 11.1. The maximum atomic E-state index is 4.84. The lowest BCUT2D eigenvalue weighted by Gasteiger charge is -1.99. The molecule has 28 heavy (non-hydrogen) atoms. The Morgan fingerprint density at radius 3 is 2.46 bits per heavy atom. The van der Waals surface area contributed by atoms with Crippen LogP contribution in [0.15, 0.2) is 72.8 Å². The Bertz CT molecular complexity index is 1240. The molecular weight excluding hydrogens is 477 g/mol. The Hall–Kier alpha value is -2.25. The van der Waals surface area contributed by atoms with Gasteiger partial charge >= 0.3 is 0 Å². The van der Waals surface area contributed by atoms with E-state index in [1.807, 2.05) is 6.07 Å². The second-order valence-electron chi connectivity index (χ2n) is 6.65. The van der Waals surface area contributed by atoms with Crippen molar-refractivity contribution in [3.8, 4) is 16.3 Å². The van der Waals surface area contributed by atoms with Crippen LogP contribution in [0.3, 0.4) is 0 Å². The van der Waals surface area contributed by atoms with Crippen LogP contribution in [0, 0.1) is 6.92 Å². The molecule has 0 aliphatic carbocycles. The van der Waals surface area contributed by atoms with Crippen molar-refractivity contribution in [1.29, 1.82) is 0 Å². The molecule has 0 bridgehead atoms. The van der Waals surface area contributed by atoms with Crippen LogP contribution in [0.5, 0.6) is 0 Å². The third-order valence-corrected chi connectivity index (χ3v) is 6.18. The first kappa shape index (κ1) is 19.1. The average molecular weight is 497 g/mol. The minimum atomic E-state index is 0. The smallest absolute Gasteiger partial charge is 0.259 e. The molecule has 0 amide bonds. The maximum Gasteiger partial charge on any atom is 0.259 e.